The zero-order valence-electron chi connectivity index (χ0n) is 15.1. The molecule has 1 aromatic carbocycles. The minimum atomic E-state index is -3.95. The fourth-order valence-corrected chi connectivity index (χ4v) is 4.56. The molecule has 3 rings (SSSR count). The summed E-state index contributed by atoms with van der Waals surface area (Å²) in [6.07, 6.45) is 2.74. The molecule has 1 aliphatic heterocycles. The van der Waals surface area contributed by atoms with Crippen LogP contribution in [0.25, 0.3) is 0 Å². The van der Waals surface area contributed by atoms with Crippen molar-refractivity contribution in [1.29, 1.82) is 0 Å². The van der Waals surface area contributed by atoms with Crippen molar-refractivity contribution in [2.75, 3.05) is 32.1 Å². The third kappa shape index (κ3) is 5.17. The zero-order valence-corrected chi connectivity index (χ0v) is 16.7. The average Bonchev–Trinajstić information content (AvgIpc) is 3.41. The summed E-state index contributed by atoms with van der Waals surface area (Å²) in [6.45, 7) is 1.67. The van der Waals surface area contributed by atoms with Gasteiger partial charge in [-0.1, -0.05) is 0 Å². The lowest BCUT2D eigenvalue weighted by Gasteiger charge is -2.35. The molecule has 0 radical (unpaired) electrons. The van der Waals surface area contributed by atoms with Crippen LogP contribution in [0, 0.1) is 11.2 Å². The quantitative estimate of drug-likeness (QED) is 0.622. The lowest BCUT2D eigenvalue weighted by molar-refractivity contribution is -0.130. The van der Waals surface area contributed by atoms with Gasteiger partial charge >= 0.3 is 0 Å². The Morgan fingerprint density at radius 3 is 2.59 bits per heavy atom. The number of sulfonamides is 1. The maximum Gasteiger partial charge on any atom is 0.243 e. The van der Waals surface area contributed by atoms with Gasteiger partial charge in [-0.25, -0.2) is 17.5 Å². The SMILES string of the molecule is COCC1(C(=O)Nc2ccc(F)c(S(=O)(=O)NC3CC3)c2)CCNCC1.Cl. The van der Waals surface area contributed by atoms with Gasteiger partial charge in [-0.2, -0.15) is 0 Å². The summed E-state index contributed by atoms with van der Waals surface area (Å²) < 4.78 is 46.4. The van der Waals surface area contributed by atoms with Gasteiger partial charge in [-0.05, 0) is 57.0 Å². The van der Waals surface area contributed by atoms with Crippen molar-refractivity contribution in [3.05, 3.63) is 24.0 Å². The molecule has 3 N–H and O–H groups in total. The minimum absolute atomic E-state index is 0. The van der Waals surface area contributed by atoms with Crippen molar-refractivity contribution >= 4 is 34.0 Å². The van der Waals surface area contributed by atoms with Gasteiger partial charge in [0.1, 0.15) is 10.7 Å². The highest BCUT2D eigenvalue weighted by Gasteiger charge is 2.40. The lowest BCUT2D eigenvalue weighted by atomic mass is 9.78. The maximum absolute atomic E-state index is 14.1. The molecule has 2 aliphatic rings. The van der Waals surface area contributed by atoms with E-state index in [1.165, 1.54) is 12.1 Å². The first-order valence-electron chi connectivity index (χ1n) is 8.69. The van der Waals surface area contributed by atoms with Crippen LogP contribution in [-0.2, 0) is 19.6 Å². The first kappa shape index (κ1) is 22.0. The van der Waals surface area contributed by atoms with Gasteiger partial charge in [0.05, 0.1) is 12.0 Å². The van der Waals surface area contributed by atoms with Crippen LogP contribution in [0.2, 0.25) is 0 Å². The third-order valence-electron chi connectivity index (χ3n) is 4.84. The fraction of sp³-hybridized carbons (Fsp3) is 0.588. The van der Waals surface area contributed by atoms with E-state index in [0.29, 0.717) is 25.9 Å². The van der Waals surface area contributed by atoms with Crippen molar-refractivity contribution in [1.82, 2.24) is 10.0 Å². The van der Waals surface area contributed by atoms with Crippen LogP contribution in [0.4, 0.5) is 10.1 Å². The summed E-state index contributed by atoms with van der Waals surface area (Å²) in [5.41, 5.74) is -0.429. The molecule has 1 heterocycles. The van der Waals surface area contributed by atoms with Crippen LogP contribution >= 0.6 is 12.4 Å². The van der Waals surface area contributed by atoms with Gasteiger partial charge in [-0.3, -0.25) is 4.79 Å². The normalized spacial score (nSPS) is 19.2. The van der Waals surface area contributed by atoms with Crippen molar-refractivity contribution in [3.8, 4) is 0 Å². The van der Waals surface area contributed by atoms with Gasteiger partial charge < -0.3 is 15.4 Å². The molecule has 1 saturated heterocycles. The summed E-state index contributed by atoms with van der Waals surface area (Å²) in [6, 6.07) is 3.46. The second-order valence-corrected chi connectivity index (χ2v) is 8.64. The van der Waals surface area contributed by atoms with Crippen LogP contribution in [0.5, 0.6) is 0 Å². The van der Waals surface area contributed by atoms with Crippen molar-refractivity contribution < 1.29 is 22.3 Å². The maximum atomic E-state index is 14.1. The van der Waals surface area contributed by atoms with Crippen molar-refractivity contribution in [2.45, 2.75) is 36.6 Å². The number of ether oxygens (including phenoxy) is 1. The summed E-state index contributed by atoms with van der Waals surface area (Å²) in [5.74, 6) is -1.09. The number of carbonyl (C=O) groups excluding carboxylic acids is 1. The molecule has 152 valence electrons. The Morgan fingerprint density at radius 2 is 2.00 bits per heavy atom. The smallest absolute Gasteiger partial charge is 0.243 e. The van der Waals surface area contributed by atoms with E-state index in [0.717, 1.165) is 18.9 Å². The molecule has 10 heteroatoms. The number of halogens is 2. The second-order valence-electron chi connectivity index (χ2n) is 6.96. The van der Waals surface area contributed by atoms with Crippen LogP contribution in [-0.4, -0.2) is 47.2 Å². The Hall–Kier alpha value is -1.26. The summed E-state index contributed by atoms with van der Waals surface area (Å²) in [5, 5.41) is 5.94. The minimum Gasteiger partial charge on any atom is -0.384 e. The Labute approximate surface area is 164 Å². The molecular weight excluding hydrogens is 397 g/mol. The van der Waals surface area contributed by atoms with Gasteiger partial charge in [0.25, 0.3) is 0 Å². The average molecular weight is 422 g/mol. The molecule has 0 aromatic heterocycles. The Kier molecular flexibility index (Phi) is 7.20. The number of hydrogen-bond donors (Lipinski definition) is 3. The van der Waals surface area contributed by atoms with Crippen LogP contribution < -0.4 is 15.4 Å². The zero-order chi connectivity index (χ0) is 18.8. The molecule has 0 atom stereocenters. The molecule has 27 heavy (non-hydrogen) atoms. The molecular formula is C17H25ClFN3O4S. The van der Waals surface area contributed by atoms with E-state index in [9.17, 15) is 17.6 Å². The van der Waals surface area contributed by atoms with Crippen LogP contribution in [0.15, 0.2) is 23.1 Å². The number of carbonyl (C=O) groups is 1. The number of anilines is 1. The van der Waals surface area contributed by atoms with E-state index in [-0.39, 0.29) is 36.7 Å². The van der Waals surface area contributed by atoms with Crippen molar-refractivity contribution in [3.63, 3.8) is 0 Å². The molecule has 1 amide bonds. The van der Waals surface area contributed by atoms with Gasteiger partial charge in [-0.15, -0.1) is 12.4 Å². The van der Waals surface area contributed by atoms with E-state index in [4.69, 9.17) is 4.74 Å². The third-order valence-corrected chi connectivity index (χ3v) is 6.38. The number of hydrogen-bond acceptors (Lipinski definition) is 5. The molecule has 2 fully saturated rings. The number of methoxy groups -OCH3 is 1. The van der Waals surface area contributed by atoms with E-state index in [1.807, 2.05) is 0 Å². The van der Waals surface area contributed by atoms with Crippen LogP contribution in [0.3, 0.4) is 0 Å². The second kappa shape index (κ2) is 8.83. The highest BCUT2D eigenvalue weighted by molar-refractivity contribution is 7.89. The van der Waals surface area contributed by atoms with E-state index < -0.39 is 26.2 Å². The standard InChI is InChI=1S/C17H24FN3O4S.ClH/c1-25-11-17(6-8-19-9-7-17)16(22)20-13-4-5-14(18)15(10-13)26(23,24)21-12-2-3-12;/h4-5,10,12,19,21H,2-3,6-9,11H2,1H3,(H,20,22);1H. The first-order chi connectivity index (χ1) is 12.4. The topological polar surface area (TPSA) is 96.5 Å². The summed E-state index contributed by atoms with van der Waals surface area (Å²) in [4.78, 5) is 12.4. The Balaban J connectivity index is 0.00000261. The number of amides is 1. The number of piperidine rings is 1. The summed E-state index contributed by atoms with van der Waals surface area (Å²) >= 11 is 0. The number of rotatable bonds is 7. The lowest BCUT2D eigenvalue weighted by Crippen LogP contribution is -2.47. The highest BCUT2D eigenvalue weighted by Crippen LogP contribution is 2.31. The predicted octanol–water partition coefficient (Wildman–Crippen LogP) is 1.64. The van der Waals surface area contributed by atoms with Crippen molar-refractivity contribution in [2.24, 2.45) is 5.41 Å². The Bertz CT molecular complexity index is 775. The van der Waals surface area contributed by atoms with Crippen LogP contribution in [0.1, 0.15) is 25.7 Å². The molecule has 7 nitrogen and oxygen atoms in total. The van der Waals surface area contributed by atoms with Gasteiger partial charge in [0.2, 0.25) is 15.9 Å². The van der Waals surface area contributed by atoms with Gasteiger partial charge in [0, 0.05) is 18.8 Å². The molecule has 0 spiro atoms. The summed E-state index contributed by atoms with van der Waals surface area (Å²) in [7, 11) is -2.40. The predicted molar refractivity (Wildman–Crippen MR) is 102 cm³/mol. The highest BCUT2D eigenvalue weighted by atomic mass is 35.5. The number of benzene rings is 1. The largest absolute Gasteiger partial charge is 0.384 e. The first-order valence-corrected chi connectivity index (χ1v) is 10.2. The van der Waals surface area contributed by atoms with E-state index >= 15 is 0 Å². The Morgan fingerprint density at radius 1 is 1.33 bits per heavy atom. The molecule has 1 saturated carbocycles. The van der Waals surface area contributed by atoms with E-state index in [1.54, 1.807) is 7.11 Å². The number of nitrogens with one attached hydrogen (secondary N) is 3. The molecule has 1 aromatic rings. The molecule has 0 unspecified atom stereocenters. The van der Waals surface area contributed by atoms with E-state index in [2.05, 4.69) is 15.4 Å². The molecule has 1 aliphatic carbocycles. The monoisotopic (exact) mass is 421 g/mol. The van der Waals surface area contributed by atoms with Gasteiger partial charge in [0.15, 0.2) is 0 Å². The fourth-order valence-electron chi connectivity index (χ4n) is 3.15. The molecule has 0 bridgehead atoms.